The van der Waals surface area contributed by atoms with Crippen LogP contribution in [0, 0.1) is 0 Å². The predicted molar refractivity (Wildman–Crippen MR) is 138 cm³/mol. The van der Waals surface area contributed by atoms with E-state index in [2.05, 4.69) is 22.8 Å². The zero-order valence-corrected chi connectivity index (χ0v) is 19.7. The molecule has 1 amide bonds. The summed E-state index contributed by atoms with van der Waals surface area (Å²) in [4.78, 5) is 25.4. The van der Waals surface area contributed by atoms with Gasteiger partial charge in [0.05, 0.1) is 13.2 Å². The van der Waals surface area contributed by atoms with Crippen molar-refractivity contribution in [1.82, 2.24) is 5.32 Å². The van der Waals surface area contributed by atoms with Crippen molar-refractivity contribution in [2.24, 2.45) is 0 Å². The molecule has 0 aliphatic heterocycles. The van der Waals surface area contributed by atoms with E-state index in [1.165, 1.54) is 11.3 Å². The Morgan fingerprint density at radius 3 is 2.12 bits per heavy atom. The summed E-state index contributed by atoms with van der Waals surface area (Å²) >= 11 is 1.32. The SMILES string of the molecule is CCOC(=O)c1c(-c2ccc(-c3ccccc3)cc2)csc1NC(=O)CNCc1ccccc1. The second kappa shape index (κ2) is 11.4. The van der Waals surface area contributed by atoms with E-state index < -0.39 is 5.97 Å². The molecular formula is C28H26N2O3S. The van der Waals surface area contributed by atoms with Crippen LogP contribution in [0.25, 0.3) is 22.3 Å². The number of anilines is 1. The molecule has 0 unspecified atom stereocenters. The summed E-state index contributed by atoms with van der Waals surface area (Å²) in [5.74, 6) is -0.660. The van der Waals surface area contributed by atoms with E-state index in [4.69, 9.17) is 4.74 Å². The quantitative estimate of drug-likeness (QED) is 0.295. The van der Waals surface area contributed by atoms with Gasteiger partial charge >= 0.3 is 5.97 Å². The molecule has 2 N–H and O–H groups in total. The highest BCUT2D eigenvalue weighted by atomic mass is 32.1. The molecule has 0 saturated carbocycles. The van der Waals surface area contributed by atoms with Crippen molar-refractivity contribution in [1.29, 1.82) is 0 Å². The first-order valence-electron chi connectivity index (χ1n) is 11.1. The van der Waals surface area contributed by atoms with Crippen LogP contribution >= 0.6 is 11.3 Å². The molecule has 172 valence electrons. The Labute approximate surface area is 203 Å². The summed E-state index contributed by atoms with van der Waals surface area (Å²) in [5, 5.41) is 8.39. The number of nitrogens with one attached hydrogen (secondary N) is 2. The van der Waals surface area contributed by atoms with Crippen LogP contribution in [0.1, 0.15) is 22.8 Å². The minimum Gasteiger partial charge on any atom is -0.462 e. The van der Waals surface area contributed by atoms with Gasteiger partial charge in [-0.05, 0) is 29.2 Å². The first-order chi connectivity index (χ1) is 16.7. The Bertz CT molecular complexity index is 1240. The number of carbonyl (C=O) groups is 2. The molecule has 0 aliphatic rings. The maximum Gasteiger partial charge on any atom is 0.341 e. The lowest BCUT2D eigenvalue weighted by Crippen LogP contribution is -2.28. The summed E-state index contributed by atoms with van der Waals surface area (Å²) in [6, 6.07) is 28.0. The maximum absolute atomic E-state index is 12.8. The van der Waals surface area contributed by atoms with Crippen molar-refractivity contribution < 1.29 is 14.3 Å². The van der Waals surface area contributed by atoms with Gasteiger partial charge in [-0.15, -0.1) is 11.3 Å². The van der Waals surface area contributed by atoms with Gasteiger partial charge in [-0.2, -0.15) is 0 Å². The second-order valence-electron chi connectivity index (χ2n) is 7.65. The molecule has 6 heteroatoms. The average Bonchev–Trinajstić information content (AvgIpc) is 3.29. The number of esters is 1. The highest BCUT2D eigenvalue weighted by Crippen LogP contribution is 2.37. The van der Waals surface area contributed by atoms with Gasteiger partial charge < -0.3 is 15.4 Å². The van der Waals surface area contributed by atoms with Crippen LogP contribution in [0.3, 0.4) is 0 Å². The molecule has 4 rings (SSSR count). The van der Waals surface area contributed by atoms with E-state index in [9.17, 15) is 9.59 Å². The second-order valence-corrected chi connectivity index (χ2v) is 8.53. The number of carbonyl (C=O) groups excluding carboxylic acids is 2. The molecule has 0 atom stereocenters. The molecule has 0 radical (unpaired) electrons. The average molecular weight is 471 g/mol. The van der Waals surface area contributed by atoms with Crippen molar-refractivity contribution in [3.05, 3.63) is 101 Å². The lowest BCUT2D eigenvalue weighted by molar-refractivity contribution is -0.115. The van der Waals surface area contributed by atoms with Gasteiger partial charge in [0.25, 0.3) is 0 Å². The predicted octanol–water partition coefficient (Wildman–Crippen LogP) is 5.99. The van der Waals surface area contributed by atoms with Gasteiger partial charge in [-0.3, -0.25) is 4.79 Å². The number of hydrogen-bond acceptors (Lipinski definition) is 5. The first-order valence-corrected chi connectivity index (χ1v) is 12.0. The Kier molecular flexibility index (Phi) is 7.86. The van der Waals surface area contributed by atoms with Gasteiger partial charge in [0.15, 0.2) is 0 Å². The molecule has 0 spiro atoms. The highest BCUT2D eigenvalue weighted by molar-refractivity contribution is 7.15. The number of ether oxygens (including phenoxy) is 1. The number of hydrogen-bond donors (Lipinski definition) is 2. The van der Waals surface area contributed by atoms with Crippen molar-refractivity contribution in [2.75, 3.05) is 18.5 Å². The van der Waals surface area contributed by atoms with Crippen molar-refractivity contribution in [2.45, 2.75) is 13.5 Å². The van der Waals surface area contributed by atoms with Crippen LogP contribution in [-0.2, 0) is 16.1 Å². The Morgan fingerprint density at radius 1 is 0.824 bits per heavy atom. The van der Waals surface area contributed by atoms with Gasteiger partial charge in [0.2, 0.25) is 5.91 Å². The summed E-state index contributed by atoms with van der Waals surface area (Å²) in [7, 11) is 0. The fourth-order valence-corrected chi connectivity index (χ4v) is 4.60. The van der Waals surface area contributed by atoms with Crippen molar-refractivity contribution in [3.63, 3.8) is 0 Å². The molecule has 4 aromatic rings. The van der Waals surface area contributed by atoms with E-state index in [-0.39, 0.29) is 19.1 Å². The van der Waals surface area contributed by atoms with Crippen LogP contribution < -0.4 is 10.6 Å². The van der Waals surface area contributed by atoms with Crippen LogP contribution in [0.4, 0.5) is 5.00 Å². The zero-order chi connectivity index (χ0) is 23.8. The van der Waals surface area contributed by atoms with Crippen LogP contribution in [0.15, 0.2) is 90.3 Å². The van der Waals surface area contributed by atoms with Crippen LogP contribution in [0.5, 0.6) is 0 Å². The molecular weight excluding hydrogens is 444 g/mol. The number of rotatable bonds is 9. The highest BCUT2D eigenvalue weighted by Gasteiger charge is 2.22. The molecule has 34 heavy (non-hydrogen) atoms. The third-order valence-electron chi connectivity index (χ3n) is 5.28. The number of benzene rings is 3. The van der Waals surface area contributed by atoms with E-state index in [0.29, 0.717) is 17.1 Å². The lowest BCUT2D eigenvalue weighted by Gasteiger charge is -2.10. The normalized spacial score (nSPS) is 10.6. The third-order valence-corrected chi connectivity index (χ3v) is 6.18. The van der Waals surface area contributed by atoms with E-state index in [0.717, 1.165) is 27.8 Å². The Balaban J connectivity index is 1.50. The minimum atomic E-state index is -0.446. The first kappa shape index (κ1) is 23.4. The summed E-state index contributed by atoms with van der Waals surface area (Å²) in [6.07, 6.45) is 0. The van der Waals surface area contributed by atoms with Gasteiger partial charge in [-0.1, -0.05) is 84.9 Å². The summed E-state index contributed by atoms with van der Waals surface area (Å²) in [6.45, 7) is 2.75. The Hall–Kier alpha value is -3.74. The van der Waals surface area contributed by atoms with Gasteiger partial charge in [0, 0.05) is 17.5 Å². The molecule has 3 aromatic carbocycles. The van der Waals surface area contributed by atoms with E-state index >= 15 is 0 Å². The monoisotopic (exact) mass is 470 g/mol. The zero-order valence-electron chi connectivity index (χ0n) is 18.9. The van der Waals surface area contributed by atoms with Gasteiger partial charge in [-0.25, -0.2) is 4.79 Å². The van der Waals surface area contributed by atoms with Crippen molar-refractivity contribution >= 4 is 28.2 Å². The van der Waals surface area contributed by atoms with Crippen molar-refractivity contribution in [3.8, 4) is 22.3 Å². The molecule has 0 aliphatic carbocycles. The topological polar surface area (TPSA) is 67.4 Å². The van der Waals surface area contributed by atoms with Crippen LogP contribution in [0.2, 0.25) is 0 Å². The summed E-state index contributed by atoms with van der Waals surface area (Å²) < 4.78 is 5.30. The maximum atomic E-state index is 12.8. The lowest BCUT2D eigenvalue weighted by atomic mass is 9.99. The van der Waals surface area contributed by atoms with E-state index in [1.54, 1.807) is 6.92 Å². The molecule has 0 bridgehead atoms. The van der Waals surface area contributed by atoms with E-state index in [1.807, 2.05) is 78.2 Å². The largest absolute Gasteiger partial charge is 0.462 e. The smallest absolute Gasteiger partial charge is 0.341 e. The molecule has 1 aromatic heterocycles. The number of amides is 1. The van der Waals surface area contributed by atoms with Crippen LogP contribution in [-0.4, -0.2) is 25.0 Å². The van der Waals surface area contributed by atoms with Gasteiger partial charge in [0.1, 0.15) is 10.6 Å². The summed E-state index contributed by atoms with van der Waals surface area (Å²) in [5.41, 5.74) is 5.34. The molecule has 5 nitrogen and oxygen atoms in total. The minimum absolute atomic E-state index is 0.135. The standard InChI is InChI=1S/C28H26N2O3S/c1-2-33-28(32)26-24(23-15-13-22(14-16-23)21-11-7-4-8-12-21)19-34-27(26)30-25(31)18-29-17-20-9-5-3-6-10-20/h3-16,19,29H,2,17-18H2,1H3,(H,30,31). The Morgan fingerprint density at radius 2 is 1.44 bits per heavy atom. The fraction of sp³-hybridized carbons (Fsp3) is 0.143. The molecule has 0 fully saturated rings. The fourth-order valence-electron chi connectivity index (χ4n) is 3.63. The third kappa shape index (κ3) is 5.78. The number of thiophene rings is 1. The molecule has 1 heterocycles. The molecule has 0 saturated heterocycles.